The van der Waals surface area contributed by atoms with Crippen molar-refractivity contribution in [3.05, 3.63) is 11.3 Å². The average molecular weight is 288 g/mol. The molecule has 1 aliphatic heterocycles. The Morgan fingerprint density at radius 2 is 2.37 bits per heavy atom. The number of rotatable bonds is 5. The summed E-state index contributed by atoms with van der Waals surface area (Å²) in [6, 6.07) is 0. The summed E-state index contributed by atoms with van der Waals surface area (Å²) in [5, 5.41) is 6.50. The molecule has 0 radical (unpaired) electrons. The summed E-state index contributed by atoms with van der Waals surface area (Å²) in [4.78, 5) is 0. The van der Waals surface area contributed by atoms with Gasteiger partial charge in [-0.05, 0) is 25.7 Å². The fourth-order valence-corrected chi connectivity index (χ4v) is 3.48. The first kappa shape index (κ1) is 14.4. The third-order valence-corrected chi connectivity index (χ3v) is 4.70. The maximum Gasteiger partial charge on any atom is 0.260 e. The van der Waals surface area contributed by atoms with Crippen LogP contribution in [0.1, 0.15) is 24.1 Å². The molecule has 19 heavy (non-hydrogen) atoms. The number of sulfonamides is 1. The fraction of sp³-hybridized carbons (Fsp3) is 0.727. The number of H-pyrrole nitrogens is 1. The van der Waals surface area contributed by atoms with Crippen molar-refractivity contribution in [3.8, 4) is 0 Å². The number of nitrogens with two attached hydrogens (primary N) is 1. The van der Waals surface area contributed by atoms with Crippen LogP contribution in [0.3, 0.4) is 0 Å². The van der Waals surface area contributed by atoms with Gasteiger partial charge in [-0.25, -0.2) is 13.1 Å². The van der Waals surface area contributed by atoms with Crippen molar-refractivity contribution in [2.75, 3.05) is 19.8 Å². The number of hydrogen-bond acceptors (Lipinski definition) is 5. The SMILES string of the molecule is Cc1[nH]nc(S(=O)(=O)NCC2CCCOC2)c1CN. The van der Waals surface area contributed by atoms with Crippen LogP contribution in [0.4, 0.5) is 0 Å². The Bertz CT molecular complexity index is 520. The second-order valence-corrected chi connectivity index (χ2v) is 6.45. The Balaban J connectivity index is 2.05. The van der Waals surface area contributed by atoms with Gasteiger partial charge in [-0.3, -0.25) is 5.10 Å². The Morgan fingerprint density at radius 3 is 3.00 bits per heavy atom. The molecule has 0 bridgehead atoms. The van der Waals surface area contributed by atoms with Crippen molar-refractivity contribution >= 4 is 10.0 Å². The van der Waals surface area contributed by atoms with E-state index in [1.807, 2.05) is 0 Å². The van der Waals surface area contributed by atoms with Crippen LogP contribution < -0.4 is 10.5 Å². The van der Waals surface area contributed by atoms with Gasteiger partial charge in [-0.1, -0.05) is 0 Å². The number of aromatic amines is 1. The Morgan fingerprint density at radius 1 is 1.58 bits per heavy atom. The number of ether oxygens (including phenoxy) is 1. The summed E-state index contributed by atoms with van der Waals surface area (Å²) in [6.45, 7) is 3.64. The predicted octanol–water partition coefficient (Wildman–Crippen LogP) is -0.118. The monoisotopic (exact) mass is 288 g/mol. The van der Waals surface area contributed by atoms with Crippen LogP contribution in [-0.2, 0) is 21.3 Å². The van der Waals surface area contributed by atoms with Crippen molar-refractivity contribution in [1.29, 1.82) is 0 Å². The lowest BCUT2D eigenvalue weighted by molar-refractivity contribution is 0.0568. The van der Waals surface area contributed by atoms with E-state index >= 15 is 0 Å². The van der Waals surface area contributed by atoms with Crippen LogP contribution >= 0.6 is 0 Å². The Labute approximate surface area is 113 Å². The molecule has 1 aliphatic rings. The first-order valence-corrected chi connectivity index (χ1v) is 7.84. The van der Waals surface area contributed by atoms with Gasteiger partial charge in [0.25, 0.3) is 10.0 Å². The molecule has 4 N–H and O–H groups in total. The van der Waals surface area contributed by atoms with Crippen molar-refractivity contribution in [1.82, 2.24) is 14.9 Å². The normalized spacial score (nSPS) is 20.6. The summed E-state index contributed by atoms with van der Waals surface area (Å²) in [7, 11) is -3.61. The molecule has 1 aromatic heterocycles. The number of nitrogens with zero attached hydrogens (tertiary/aromatic N) is 1. The third kappa shape index (κ3) is 3.33. The van der Waals surface area contributed by atoms with Crippen LogP contribution in [0.2, 0.25) is 0 Å². The zero-order chi connectivity index (χ0) is 13.9. The van der Waals surface area contributed by atoms with Gasteiger partial charge < -0.3 is 10.5 Å². The van der Waals surface area contributed by atoms with Crippen molar-refractivity contribution in [2.45, 2.75) is 31.3 Å². The highest BCUT2D eigenvalue weighted by atomic mass is 32.2. The molecular weight excluding hydrogens is 268 g/mol. The van der Waals surface area contributed by atoms with E-state index < -0.39 is 10.0 Å². The maximum absolute atomic E-state index is 12.2. The lowest BCUT2D eigenvalue weighted by Gasteiger charge is -2.21. The molecular formula is C11H20N4O3S. The molecule has 7 nitrogen and oxygen atoms in total. The Kier molecular flexibility index (Phi) is 4.56. The molecule has 0 saturated carbocycles. The highest BCUT2D eigenvalue weighted by molar-refractivity contribution is 7.89. The minimum Gasteiger partial charge on any atom is -0.381 e. The number of nitrogens with one attached hydrogen (secondary N) is 2. The van der Waals surface area contributed by atoms with Crippen LogP contribution in [0.5, 0.6) is 0 Å². The van der Waals surface area contributed by atoms with E-state index in [0.29, 0.717) is 24.4 Å². The summed E-state index contributed by atoms with van der Waals surface area (Å²) in [5.74, 6) is 0.227. The molecule has 0 amide bonds. The van der Waals surface area contributed by atoms with Gasteiger partial charge in [0.05, 0.1) is 6.61 Å². The smallest absolute Gasteiger partial charge is 0.260 e. The maximum atomic E-state index is 12.2. The van der Waals surface area contributed by atoms with Gasteiger partial charge in [0.1, 0.15) is 0 Å². The molecule has 1 atom stereocenters. The minimum absolute atomic E-state index is 0.00391. The highest BCUT2D eigenvalue weighted by Gasteiger charge is 2.24. The quantitative estimate of drug-likeness (QED) is 0.700. The van der Waals surface area contributed by atoms with Crippen LogP contribution in [0.15, 0.2) is 5.03 Å². The minimum atomic E-state index is -3.61. The molecule has 0 spiro atoms. The van der Waals surface area contributed by atoms with Gasteiger partial charge in [0.2, 0.25) is 0 Å². The number of aryl methyl sites for hydroxylation is 1. The standard InChI is InChI=1S/C11H20N4O3S/c1-8-10(5-12)11(15-14-8)19(16,17)13-6-9-3-2-4-18-7-9/h9,13H,2-7,12H2,1H3,(H,14,15). The van der Waals surface area contributed by atoms with Gasteiger partial charge in [-0.15, -0.1) is 0 Å². The van der Waals surface area contributed by atoms with E-state index in [4.69, 9.17) is 10.5 Å². The number of hydrogen-bond donors (Lipinski definition) is 3. The van der Waals surface area contributed by atoms with E-state index in [-0.39, 0.29) is 17.5 Å². The molecule has 1 fully saturated rings. The van der Waals surface area contributed by atoms with Crippen molar-refractivity contribution < 1.29 is 13.2 Å². The third-order valence-electron chi connectivity index (χ3n) is 3.31. The van der Waals surface area contributed by atoms with Gasteiger partial charge >= 0.3 is 0 Å². The van der Waals surface area contributed by atoms with Crippen LogP contribution in [-0.4, -0.2) is 38.4 Å². The topological polar surface area (TPSA) is 110 Å². The first-order valence-electron chi connectivity index (χ1n) is 6.36. The second kappa shape index (κ2) is 6.00. The average Bonchev–Trinajstić information content (AvgIpc) is 2.79. The van der Waals surface area contributed by atoms with E-state index in [1.54, 1.807) is 6.92 Å². The zero-order valence-electron chi connectivity index (χ0n) is 11.0. The van der Waals surface area contributed by atoms with Crippen LogP contribution in [0.25, 0.3) is 0 Å². The number of aromatic nitrogens is 2. The van der Waals surface area contributed by atoms with E-state index in [2.05, 4.69) is 14.9 Å². The molecule has 1 aromatic rings. The highest BCUT2D eigenvalue weighted by Crippen LogP contribution is 2.17. The molecule has 1 saturated heterocycles. The fourth-order valence-electron chi connectivity index (χ4n) is 2.16. The van der Waals surface area contributed by atoms with Crippen molar-refractivity contribution in [2.24, 2.45) is 11.7 Å². The lowest BCUT2D eigenvalue weighted by atomic mass is 10.0. The Hall–Kier alpha value is -0.960. The summed E-state index contributed by atoms with van der Waals surface area (Å²) in [5.41, 5.74) is 6.78. The van der Waals surface area contributed by atoms with Crippen LogP contribution in [0, 0.1) is 12.8 Å². The van der Waals surface area contributed by atoms with Crippen molar-refractivity contribution in [3.63, 3.8) is 0 Å². The van der Waals surface area contributed by atoms with Gasteiger partial charge in [0.15, 0.2) is 5.03 Å². The molecule has 108 valence electrons. The zero-order valence-corrected chi connectivity index (χ0v) is 11.8. The predicted molar refractivity (Wildman–Crippen MR) is 69.9 cm³/mol. The molecule has 1 unspecified atom stereocenters. The molecule has 0 aliphatic carbocycles. The summed E-state index contributed by atoms with van der Waals surface area (Å²) >= 11 is 0. The largest absolute Gasteiger partial charge is 0.381 e. The van der Waals surface area contributed by atoms with E-state index in [9.17, 15) is 8.42 Å². The van der Waals surface area contributed by atoms with Gasteiger partial charge in [-0.2, -0.15) is 5.10 Å². The molecule has 0 aromatic carbocycles. The first-order chi connectivity index (χ1) is 9.04. The second-order valence-electron chi connectivity index (χ2n) is 4.77. The van der Waals surface area contributed by atoms with E-state index in [0.717, 1.165) is 19.4 Å². The summed E-state index contributed by atoms with van der Waals surface area (Å²) < 4.78 is 32.3. The lowest BCUT2D eigenvalue weighted by Crippen LogP contribution is -2.34. The summed E-state index contributed by atoms with van der Waals surface area (Å²) in [6.07, 6.45) is 1.95. The molecule has 2 heterocycles. The van der Waals surface area contributed by atoms with E-state index in [1.165, 1.54) is 0 Å². The molecule has 8 heteroatoms. The molecule has 2 rings (SSSR count). The van der Waals surface area contributed by atoms with Gasteiger partial charge in [0, 0.05) is 31.0 Å².